The Morgan fingerprint density at radius 1 is 1.11 bits per heavy atom. The Bertz CT molecular complexity index is 848. The smallest absolute Gasteiger partial charge is 0.115 e. The topological polar surface area (TPSA) is 49.5 Å². The van der Waals surface area contributed by atoms with Gasteiger partial charge in [0.25, 0.3) is 0 Å². The van der Waals surface area contributed by atoms with E-state index in [1.165, 1.54) is 55.3 Å². The molecule has 3 atom stereocenters. The number of phenols is 1. The standard InChI is InChI=1S/C24H30N2O/c25-19-5-3-4-17(14-19)9-12-26-13-11-24-10-2-1-6-21(24)23(26)15-18-7-8-20(27)16-22(18)24/h3-5,7-8,14,16,21,23,27H,1-2,6,9-13,15,25H2/t21-,23-,24+/m0/s1. The van der Waals surface area contributed by atoms with Crippen LogP contribution in [0.15, 0.2) is 42.5 Å². The zero-order valence-electron chi connectivity index (χ0n) is 16.0. The van der Waals surface area contributed by atoms with Crippen molar-refractivity contribution in [2.45, 2.75) is 56.4 Å². The first-order valence-corrected chi connectivity index (χ1v) is 10.6. The number of benzene rings is 2. The fraction of sp³-hybridized carbons (Fsp3) is 0.500. The summed E-state index contributed by atoms with van der Waals surface area (Å²) >= 11 is 0. The average molecular weight is 363 g/mol. The third-order valence-electron chi connectivity index (χ3n) is 7.57. The Morgan fingerprint density at radius 2 is 2.04 bits per heavy atom. The van der Waals surface area contributed by atoms with Crippen molar-refractivity contribution in [2.24, 2.45) is 5.92 Å². The number of nitrogen functional groups attached to an aromatic ring is 1. The fourth-order valence-corrected chi connectivity index (χ4v) is 6.37. The summed E-state index contributed by atoms with van der Waals surface area (Å²) in [5.74, 6) is 1.19. The quantitative estimate of drug-likeness (QED) is 0.802. The summed E-state index contributed by atoms with van der Waals surface area (Å²) in [6, 6.07) is 15.2. The van der Waals surface area contributed by atoms with Crippen LogP contribution in [-0.2, 0) is 18.3 Å². The van der Waals surface area contributed by atoms with Crippen LogP contribution in [0.2, 0.25) is 0 Å². The van der Waals surface area contributed by atoms with E-state index in [0.717, 1.165) is 31.0 Å². The molecule has 0 aromatic heterocycles. The maximum atomic E-state index is 10.1. The molecule has 3 N–H and O–H groups in total. The maximum absolute atomic E-state index is 10.1. The summed E-state index contributed by atoms with van der Waals surface area (Å²) in [5, 5.41) is 10.1. The second-order valence-electron chi connectivity index (χ2n) is 8.90. The molecule has 0 radical (unpaired) electrons. The van der Waals surface area contributed by atoms with Gasteiger partial charge in [-0.1, -0.05) is 31.0 Å². The number of aromatic hydroxyl groups is 1. The van der Waals surface area contributed by atoms with Gasteiger partial charge in [0.05, 0.1) is 0 Å². The van der Waals surface area contributed by atoms with E-state index in [4.69, 9.17) is 5.73 Å². The van der Waals surface area contributed by atoms with Crippen molar-refractivity contribution in [1.29, 1.82) is 0 Å². The first-order chi connectivity index (χ1) is 13.2. The highest BCUT2D eigenvalue weighted by molar-refractivity contribution is 5.45. The van der Waals surface area contributed by atoms with Crippen LogP contribution in [0.4, 0.5) is 5.69 Å². The second-order valence-corrected chi connectivity index (χ2v) is 8.90. The van der Waals surface area contributed by atoms with E-state index in [0.29, 0.717) is 17.2 Å². The summed E-state index contributed by atoms with van der Waals surface area (Å²) < 4.78 is 0. The molecule has 0 unspecified atom stereocenters. The van der Waals surface area contributed by atoms with E-state index in [2.05, 4.69) is 35.2 Å². The van der Waals surface area contributed by atoms with Crippen LogP contribution < -0.4 is 5.73 Å². The number of hydrogen-bond donors (Lipinski definition) is 2. The number of rotatable bonds is 3. The molecule has 142 valence electrons. The summed E-state index contributed by atoms with van der Waals surface area (Å²) in [7, 11) is 0. The van der Waals surface area contributed by atoms with E-state index < -0.39 is 0 Å². The normalized spacial score (nSPS) is 29.8. The Morgan fingerprint density at radius 3 is 2.93 bits per heavy atom. The van der Waals surface area contributed by atoms with E-state index in [9.17, 15) is 5.11 Å². The molecule has 0 spiro atoms. The summed E-state index contributed by atoms with van der Waals surface area (Å²) in [5.41, 5.74) is 11.4. The van der Waals surface area contributed by atoms with E-state index >= 15 is 0 Å². The number of hydrogen-bond acceptors (Lipinski definition) is 3. The molecule has 2 aromatic rings. The number of piperidine rings is 1. The van der Waals surface area contributed by atoms with E-state index in [-0.39, 0.29) is 0 Å². The number of likely N-dealkylation sites (tertiary alicyclic amines) is 1. The minimum Gasteiger partial charge on any atom is -0.508 e. The lowest BCUT2D eigenvalue weighted by molar-refractivity contribution is -0.0106. The number of nitrogens with two attached hydrogens (primary N) is 1. The van der Waals surface area contributed by atoms with Gasteiger partial charge in [0.2, 0.25) is 0 Å². The van der Waals surface area contributed by atoms with Gasteiger partial charge in [-0.15, -0.1) is 0 Å². The SMILES string of the molecule is Nc1cccc(CCN2CC[C@]34CCCC[C@H]3[C@@H]2Cc2ccc(O)cc24)c1. The zero-order valence-corrected chi connectivity index (χ0v) is 16.0. The van der Waals surface area contributed by atoms with Crippen molar-refractivity contribution in [1.82, 2.24) is 4.90 Å². The Balaban J connectivity index is 1.43. The molecule has 3 aliphatic rings. The molecule has 3 nitrogen and oxygen atoms in total. The molecular formula is C24H30N2O. The van der Waals surface area contributed by atoms with Crippen LogP contribution in [0.25, 0.3) is 0 Å². The lowest BCUT2D eigenvalue weighted by atomic mass is 9.52. The molecule has 0 amide bonds. The van der Waals surface area contributed by atoms with Crippen LogP contribution in [0, 0.1) is 5.92 Å². The highest BCUT2D eigenvalue weighted by Crippen LogP contribution is 2.56. The van der Waals surface area contributed by atoms with E-state index in [1.54, 1.807) is 0 Å². The number of phenolic OH excluding ortho intramolecular Hbond substituents is 1. The van der Waals surface area contributed by atoms with Gasteiger partial charge in [-0.3, -0.25) is 4.90 Å². The van der Waals surface area contributed by atoms with Gasteiger partial charge in [0.15, 0.2) is 0 Å². The van der Waals surface area contributed by atoms with Crippen LogP contribution in [-0.4, -0.2) is 29.1 Å². The average Bonchev–Trinajstić information content (AvgIpc) is 2.68. The molecule has 2 bridgehead atoms. The van der Waals surface area contributed by atoms with Crippen LogP contribution in [0.5, 0.6) is 5.75 Å². The van der Waals surface area contributed by atoms with Crippen molar-refractivity contribution in [3.05, 3.63) is 59.2 Å². The van der Waals surface area contributed by atoms with Crippen molar-refractivity contribution in [2.75, 3.05) is 18.8 Å². The van der Waals surface area contributed by atoms with E-state index in [1.807, 2.05) is 12.1 Å². The molecule has 1 heterocycles. The number of fused-ring (bicyclic) bond motifs is 1. The molecule has 1 saturated heterocycles. The van der Waals surface area contributed by atoms with Crippen LogP contribution >= 0.6 is 0 Å². The second kappa shape index (κ2) is 6.56. The predicted molar refractivity (Wildman–Crippen MR) is 110 cm³/mol. The Labute approximate surface area is 162 Å². The summed E-state index contributed by atoms with van der Waals surface area (Å²) in [6.45, 7) is 2.30. The third kappa shape index (κ3) is 2.84. The predicted octanol–water partition coefficient (Wildman–Crippen LogP) is 4.28. The molecule has 27 heavy (non-hydrogen) atoms. The Kier molecular flexibility index (Phi) is 4.16. The fourth-order valence-electron chi connectivity index (χ4n) is 6.37. The number of anilines is 1. The summed E-state index contributed by atoms with van der Waals surface area (Å²) in [6.07, 6.45) is 8.79. The largest absolute Gasteiger partial charge is 0.508 e. The highest BCUT2D eigenvalue weighted by Gasteiger charge is 2.53. The maximum Gasteiger partial charge on any atom is 0.115 e. The molecule has 5 rings (SSSR count). The van der Waals surface area contributed by atoms with Gasteiger partial charge in [-0.2, -0.15) is 0 Å². The van der Waals surface area contributed by atoms with Crippen molar-refractivity contribution in [3.8, 4) is 5.75 Å². The first kappa shape index (κ1) is 17.1. The number of nitrogens with zero attached hydrogens (tertiary/aromatic N) is 1. The van der Waals surface area contributed by atoms with Crippen molar-refractivity contribution >= 4 is 5.69 Å². The van der Waals surface area contributed by atoms with Crippen LogP contribution in [0.1, 0.15) is 48.8 Å². The van der Waals surface area contributed by atoms with Gasteiger partial charge in [-0.25, -0.2) is 0 Å². The molecule has 2 fully saturated rings. The third-order valence-corrected chi connectivity index (χ3v) is 7.57. The molecule has 2 aromatic carbocycles. The highest BCUT2D eigenvalue weighted by atomic mass is 16.3. The monoisotopic (exact) mass is 362 g/mol. The van der Waals surface area contributed by atoms with Gasteiger partial charge in [0, 0.05) is 23.7 Å². The van der Waals surface area contributed by atoms with Gasteiger partial charge >= 0.3 is 0 Å². The van der Waals surface area contributed by atoms with Crippen molar-refractivity contribution in [3.63, 3.8) is 0 Å². The molecule has 1 saturated carbocycles. The van der Waals surface area contributed by atoms with Gasteiger partial charge in [-0.05, 0) is 85.5 Å². The first-order valence-electron chi connectivity index (χ1n) is 10.6. The van der Waals surface area contributed by atoms with Gasteiger partial charge in [0.1, 0.15) is 5.75 Å². The Hall–Kier alpha value is -2.00. The molecular weight excluding hydrogens is 332 g/mol. The van der Waals surface area contributed by atoms with Crippen LogP contribution in [0.3, 0.4) is 0 Å². The molecule has 2 aliphatic carbocycles. The minimum atomic E-state index is 0.308. The lowest BCUT2D eigenvalue weighted by Crippen LogP contribution is -2.61. The molecule has 1 aliphatic heterocycles. The summed E-state index contributed by atoms with van der Waals surface area (Å²) in [4.78, 5) is 2.76. The van der Waals surface area contributed by atoms with Crippen molar-refractivity contribution < 1.29 is 5.11 Å². The zero-order chi connectivity index (χ0) is 18.4. The molecule has 3 heteroatoms. The van der Waals surface area contributed by atoms with Gasteiger partial charge < -0.3 is 10.8 Å². The minimum absolute atomic E-state index is 0.308. The lowest BCUT2D eigenvalue weighted by Gasteiger charge is -2.59.